The molecule has 3 heteroatoms. The summed E-state index contributed by atoms with van der Waals surface area (Å²) in [7, 11) is 0. The van der Waals surface area contributed by atoms with Gasteiger partial charge in [0.15, 0.2) is 5.78 Å². The lowest BCUT2D eigenvalue weighted by Gasteiger charge is -2.14. The summed E-state index contributed by atoms with van der Waals surface area (Å²) in [6, 6.07) is 10.1. The Kier molecular flexibility index (Phi) is 2.68. The summed E-state index contributed by atoms with van der Waals surface area (Å²) in [5.74, 6) is 0.132. The number of hydrogen-bond donors (Lipinski definition) is 0. The van der Waals surface area contributed by atoms with Crippen LogP contribution in [0.2, 0.25) is 0 Å². The number of allylic oxidation sites excluding steroid dienone is 1. The zero-order chi connectivity index (χ0) is 12.0. The topological polar surface area (TPSA) is 17.1 Å². The molecule has 0 aromatic heterocycles. The monoisotopic (exact) mass is 350 g/mol. The number of Topliss-reactive ketones (excluding diaryl/α,β-unsaturated/α-hetero) is 1. The van der Waals surface area contributed by atoms with E-state index in [-0.39, 0.29) is 10.6 Å². The molecule has 0 fully saturated rings. The fourth-order valence-electron chi connectivity index (χ4n) is 2.06. The summed E-state index contributed by atoms with van der Waals surface area (Å²) in [6.07, 6.45) is 3.88. The van der Waals surface area contributed by atoms with Gasteiger partial charge in [0.1, 0.15) is 0 Å². The predicted octanol–water partition coefficient (Wildman–Crippen LogP) is 4.58. The van der Waals surface area contributed by atoms with Gasteiger partial charge in [-0.2, -0.15) is 0 Å². The van der Waals surface area contributed by atoms with Gasteiger partial charge < -0.3 is 0 Å². The van der Waals surface area contributed by atoms with Crippen LogP contribution in [0.25, 0.3) is 16.8 Å². The van der Waals surface area contributed by atoms with Gasteiger partial charge in [-0.1, -0.05) is 50.1 Å². The van der Waals surface area contributed by atoms with Crippen molar-refractivity contribution in [2.24, 2.45) is 0 Å². The largest absolute Gasteiger partial charge is 0.293 e. The zero-order valence-corrected chi connectivity index (χ0v) is 12.0. The van der Waals surface area contributed by atoms with Crippen molar-refractivity contribution in [2.45, 2.75) is 4.83 Å². The van der Waals surface area contributed by atoms with E-state index in [0.29, 0.717) is 0 Å². The van der Waals surface area contributed by atoms with Crippen LogP contribution in [0, 0.1) is 0 Å². The summed E-state index contributed by atoms with van der Waals surface area (Å²) in [4.78, 5) is 11.8. The summed E-state index contributed by atoms with van der Waals surface area (Å²) < 4.78 is 1.05. The predicted molar refractivity (Wildman–Crippen MR) is 77.7 cm³/mol. The first kappa shape index (κ1) is 11.2. The zero-order valence-electron chi connectivity index (χ0n) is 8.78. The number of ketones is 1. The molecular formula is C14H8Br2O. The van der Waals surface area contributed by atoms with Crippen molar-refractivity contribution in [3.05, 3.63) is 52.0 Å². The highest BCUT2D eigenvalue weighted by Crippen LogP contribution is 2.29. The molecule has 1 unspecified atom stereocenters. The van der Waals surface area contributed by atoms with Crippen LogP contribution in [0.3, 0.4) is 0 Å². The molecule has 84 valence electrons. The number of hydrogen-bond acceptors (Lipinski definition) is 1. The molecule has 1 aliphatic rings. The Hall–Kier alpha value is -0.930. The molecule has 1 nitrogen and oxygen atoms in total. The van der Waals surface area contributed by atoms with Crippen LogP contribution in [-0.2, 0) is 0 Å². The fourth-order valence-corrected chi connectivity index (χ4v) is 2.84. The van der Waals surface area contributed by atoms with Crippen LogP contribution in [0.15, 0.2) is 40.9 Å². The maximum atomic E-state index is 12.0. The van der Waals surface area contributed by atoms with Crippen molar-refractivity contribution in [3.63, 3.8) is 0 Å². The van der Waals surface area contributed by atoms with Crippen molar-refractivity contribution in [3.8, 4) is 0 Å². The molecule has 0 spiro atoms. The third-order valence-corrected chi connectivity index (χ3v) is 4.15. The number of carbonyl (C=O) groups excluding carboxylic acids is 1. The number of alkyl halides is 1. The van der Waals surface area contributed by atoms with Gasteiger partial charge in [0.2, 0.25) is 0 Å². The minimum absolute atomic E-state index is 0.132. The average Bonchev–Trinajstić information content (AvgIpc) is 2.32. The van der Waals surface area contributed by atoms with Crippen LogP contribution >= 0.6 is 31.9 Å². The fraction of sp³-hybridized carbons (Fsp3) is 0.0714. The molecule has 0 radical (unpaired) electrons. The van der Waals surface area contributed by atoms with E-state index in [0.717, 1.165) is 26.4 Å². The molecule has 1 aliphatic carbocycles. The second-order valence-corrected chi connectivity index (χ2v) is 5.96. The SMILES string of the molecule is O=C1c2cc3ccc(Br)cc3cc2C=CC1Br. The summed E-state index contributed by atoms with van der Waals surface area (Å²) in [5, 5.41) is 2.24. The van der Waals surface area contributed by atoms with E-state index in [9.17, 15) is 4.79 Å². The molecule has 0 heterocycles. The number of carbonyl (C=O) groups is 1. The molecule has 2 aromatic rings. The first-order chi connectivity index (χ1) is 8.15. The van der Waals surface area contributed by atoms with E-state index in [4.69, 9.17) is 0 Å². The standard InChI is InChI=1S/C14H8Br2O/c15-11-3-1-8-7-12-9(5-10(8)6-11)2-4-13(16)14(12)17/h1-7,13H. The average molecular weight is 352 g/mol. The summed E-state index contributed by atoms with van der Waals surface area (Å²) in [5.41, 5.74) is 1.79. The molecule has 0 aliphatic heterocycles. The van der Waals surface area contributed by atoms with Crippen molar-refractivity contribution in [1.82, 2.24) is 0 Å². The third kappa shape index (κ3) is 1.87. The van der Waals surface area contributed by atoms with Gasteiger partial charge in [0.25, 0.3) is 0 Å². The van der Waals surface area contributed by atoms with Crippen molar-refractivity contribution < 1.29 is 4.79 Å². The highest BCUT2D eigenvalue weighted by Gasteiger charge is 2.21. The molecule has 0 bridgehead atoms. The number of halogens is 2. The van der Waals surface area contributed by atoms with Crippen LogP contribution in [0.1, 0.15) is 15.9 Å². The molecule has 0 saturated heterocycles. The lowest BCUT2D eigenvalue weighted by Crippen LogP contribution is -2.16. The van der Waals surface area contributed by atoms with Crippen molar-refractivity contribution in [1.29, 1.82) is 0 Å². The molecule has 17 heavy (non-hydrogen) atoms. The smallest absolute Gasteiger partial charge is 0.180 e. The van der Waals surface area contributed by atoms with Gasteiger partial charge in [0, 0.05) is 10.0 Å². The molecule has 3 rings (SSSR count). The maximum absolute atomic E-state index is 12.0. The Balaban J connectivity index is 2.31. The minimum Gasteiger partial charge on any atom is -0.293 e. The Labute approximate surface area is 116 Å². The van der Waals surface area contributed by atoms with E-state index in [1.165, 1.54) is 0 Å². The molecule has 1 atom stereocenters. The highest BCUT2D eigenvalue weighted by atomic mass is 79.9. The number of rotatable bonds is 0. The van der Waals surface area contributed by atoms with E-state index in [2.05, 4.69) is 44.0 Å². The minimum atomic E-state index is -0.192. The van der Waals surface area contributed by atoms with E-state index in [1.54, 1.807) is 0 Å². The molecule has 0 amide bonds. The normalized spacial score (nSPS) is 18.5. The second-order valence-electron chi connectivity index (χ2n) is 4.06. The lowest BCUT2D eigenvalue weighted by molar-refractivity contribution is 0.100. The van der Waals surface area contributed by atoms with Crippen molar-refractivity contribution >= 4 is 54.5 Å². The van der Waals surface area contributed by atoms with Gasteiger partial charge in [-0.3, -0.25) is 4.79 Å². The Morgan fingerprint density at radius 1 is 1.06 bits per heavy atom. The van der Waals surface area contributed by atoms with Gasteiger partial charge in [-0.25, -0.2) is 0 Å². The quantitative estimate of drug-likeness (QED) is 0.635. The third-order valence-electron chi connectivity index (χ3n) is 2.93. The van der Waals surface area contributed by atoms with E-state index in [1.807, 2.05) is 30.4 Å². The molecular weight excluding hydrogens is 344 g/mol. The van der Waals surface area contributed by atoms with E-state index >= 15 is 0 Å². The van der Waals surface area contributed by atoms with E-state index < -0.39 is 0 Å². The molecule has 2 aromatic carbocycles. The number of fused-ring (bicyclic) bond motifs is 2. The Bertz CT molecular complexity index is 659. The van der Waals surface area contributed by atoms with Crippen LogP contribution in [0.4, 0.5) is 0 Å². The molecule has 0 N–H and O–H groups in total. The second kappa shape index (κ2) is 4.07. The highest BCUT2D eigenvalue weighted by molar-refractivity contribution is 9.10. The van der Waals surface area contributed by atoms with Gasteiger partial charge in [-0.15, -0.1) is 0 Å². The first-order valence-corrected chi connectivity index (χ1v) is 6.96. The Morgan fingerprint density at radius 2 is 1.88 bits per heavy atom. The van der Waals surface area contributed by atoms with Crippen LogP contribution in [0.5, 0.6) is 0 Å². The van der Waals surface area contributed by atoms with Gasteiger partial charge in [0.05, 0.1) is 4.83 Å². The summed E-state index contributed by atoms with van der Waals surface area (Å²) >= 11 is 6.81. The maximum Gasteiger partial charge on any atom is 0.180 e. The summed E-state index contributed by atoms with van der Waals surface area (Å²) in [6.45, 7) is 0. The Morgan fingerprint density at radius 3 is 2.71 bits per heavy atom. The van der Waals surface area contributed by atoms with Gasteiger partial charge in [-0.05, 0) is 40.6 Å². The van der Waals surface area contributed by atoms with Gasteiger partial charge >= 0.3 is 0 Å². The van der Waals surface area contributed by atoms with Crippen molar-refractivity contribution in [2.75, 3.05) is 0 Å². The lowest BCUT2D eigenvalue weighted by atomic mass is 9.93. The van der Waals surface area contributed by atoms with Crippen LogP contribution in [-0.4, -0.2) is 10.6 Å². The first-order valence-electron chi connectivity index (χ1n) is 5.25. The number of benzene rings is 2. The van der Waals surface area contributed by atoms with Crippen LogP contribution < -0.4 is 0 Å². The molecule has 0 saturated carbocycles.